The SMILES string of the molecule is CCCC(=O)N1CCCC(C(=O)NCc2ccc(N(C)C)cc2C)C1. The van der Waals surface area contributed by atoms with Gasteiger partial charge in [0.1, 0.15) is 0 Å². The molecule has 5 heteroatoms. The molecule has 1 N–H and O–H groups in total. The highest BCUT2D eigenvalue weighted by Crippen LogP contribution is 2.20. The molecule has 2 rings (SSSR count). The molecule has 1 aromatic rings. The number of aryl methyl sites for hydroxylation is 1. The molecule has 1 saturated heterocycles. The second-order valence-corrected chi connectivity index (χ2v) is 7.15. The number of piperidine rings is 1. The summed E-state index contributed by atoms with van der Waals surface area (Å²) in [5, 5.41) is 3.06. The van der Waals surface area contributed by atoms with E-state index >= 15 is 0 Å². The molecule has 0 radical (unpaired) electrons. The number of carbonyl (C=O) groups excluding carboxylic acids is 2. The van der Waals surface area contributed by atoms with E-state index < -0.39 is 0 Å². The third-order valence-electron chi connectivity index (χ3n) is 4.90. The van der Waals surface area contributed by atoms with Crippen molar-refractivity contribution in [2.24, 2.45) is 5.92 Å². The fourth-order valence-electron chi connectivity index (χ4n) is 3.27. The van der Waals surface area contributed by atoms with Gasteiger partial charge in [0.2, 0.25) is 11.8 Å². The van der Waals surface area contributed by atoms with Gasteiger partial charge in [-0.2, -0.15) is 0 Å². The normalized spacial score (nSPS) is 17.3. The number of benzene rings is 1. The summed E-state index contributed by atoms with van der Waals surface area (Å²) in [6.07, 6.45) is 3.20. The molecule has 1 heterocycles. The number of hydrogen-bond acceptors (Lipinski definition) is 3. The summed E-state index contributed by atoms with van der Waals surface area (Å²) in [4.78, 5) is 28.5. The number of likely N-dealkylation sites (tertiary alicyclic amines) is 1. The molecule has 0 aromatic heterocycles. The molecule has 138 valence electrons. The Kier molecular flexibility index (Phi) is 6.85. The van der Waals surface area contributed by atoms with E-state index in [1.807, 2.05) is 25.9 Å². The second-order valence-electron chi connectivity index (χ2n) is 7.15. The lowest BCUT2D eigenvalue weighted by Crippen LogP contribution is -2.45. The van der Waals surface area contributed by atoms with Crippen LogP contribution >= 0.6 is 0 Å². The monoisotopic (exact) mass is 345 g/mol. The predicted octanol–water partition coefficient (Wildman–Crippen LogP) is 2.72. The van der Waals surface area contributed by atoms with Crippen LogP contribution in [0, 0.1) is 12.8 Å². The molecule has 1 unspecified atom stereocenters. The number of rotatable bonds is 6. The van der Waals surface area contributed by atoms with Crippen molar-refractivity contribution >= 4 is 17.5 Å². The number of carbonyl (C=O) groups is 2. The van der Waals surface area contributed by atoms with Gasteiger partial charge in [0, 0.05) is 45.8 Å². The van der Waals surface area contributed by atoms with Gasteiger partial charge < -0.3 is 15.1 Å². The highest BCUT2D eigenvalue weighted by atomic mass is 16.2. The first-order valence-corrected chi connectivity index (χ1v) is 9.24. The zero-order chi connectivity index (χ0) is 18.4. The lowest BCUT2D eigenvalue weighted by atomic mass is 9.96. The van der Waals surface area contributed by atoms with Crippen LogP contribution in [-0.4, -0.2) is 43.9 Å². The third kappa shape index (κ3) is 5.21. The highest BCUT2D eigenvalue weighted by Gasteiger charge is 2.27. The zero-order valence-corrected chi connectivity index (χ0v) is 16.0. The summed E-state index contributed by atoms with van der Waals surface area (Å²) >= 11 is 0. The summed E-state index contributed by atoms with van der Waals surface area (Å²) in [7, 11) is 4.04. The predicted molar refractivity (Wildman–Crippen MR) is 102 cm³/mol. The first-order valence-electron chi connectivity index (χ1n) is 9.24. The molecule has 5 nitrogen and oxygen atoms in total. The number of nitrogens with one attached hydrogen (secondary N) is 1. The van der Waals surface area contributed by atoms with Crippen molar-refractivity contribution in [1.82, 2.24) is 10.2 Å². The van der Waals surface area contributed by atoms with E-state index in [2.05, 4.69) is 35.3 Å². The van der Waals surface area contributed by atoms with Crippen LogP contribution in [0.1, 0.15) is 43.7 Å². The van der Waals surface area contributed by atoms with Crippen LogP contribution in [0.5, 0.6) is 0 Å². The van der Waals surface area contributed by atoms with Gasteiger partial charge in [0.25, 0.3) is 0 Å². The van der Waals surface area contributed by atoms with Crippen molar-refractivity contribution < 1.29 is 9.59 Å². The molecule has 25 heavy (non-hydrogen) atoms. The molecule has 1 fully saturated rings. The Bertz CT molecular complexity index is 613. The summed E-state index contributed by atoms with van der Waals surface area (Å²) < 4.78 is 0. The van der Waals surface area contributed by atoms with Crippen LogP contribution in [0.25, 0.3) is 0 Å². The molecular weight excluding hydrogens is 314 g/mol. The molecule has 2 amide bonds. The van der Waals surface area contributed by atoms with E-state index in [4.69, 9.17) is 0 Å². The zero-order valence-electron chi connectivity index (χ0n) is 16.0. The number of hydrogen-bond donors (Lipinski definition) is 1. The Balaban J connectivity index is 1.90. The first kappa shape index (κ1) is 19.3. The largest absolute Gasteiger partial charge is 0.378 e. The lowest BCUT2D eigenvalue weighted by molar-refractivity contribution is -0.135. The summed E-state index contributed by atoms with van der Waals surface area (Å²) in [6.45, 7) is 5.96. The third-order valence-corrected chi connectivity index (χ3v) is 4.90. The summed E-state index contributed by atoms with van der Waals surface area (Å²) in [6, 6.07) is 6.27. The Morgan fingerprint density at radius 3 is 2.72 bits per heavy atom. The van der Waals surface area contributed by atoms with Gasteiger partial charge in [-0.1, -0.05) is 13.0 Å². The number of amides is 2. The van der Waals surface area contributed by atoms with Gasteiger partial charge in [-0.05, 0) is 49.4 Å². The Morgan fingerprint density at radius 1 is 1.32 bits per heavy atom. The van der Waals surface area contributed by atoms with E-state index in [0.29, 0.717) is 19.5 Å². The Labute approximate surface area is 151 Å². The summed E-state index contributed by atoms with van der Waals surface area (Å²) in [5.74, 6) is 0.149. The minimum atomic E-state index is -0.0871. The quantitative estimate of drug-likeness (QED) is 0.862. The van der Waals surface area contributed by atoms with Gasteiger partial charge >= 0.3 is 0 Å². The number of anilines is 1. The molecule has 1 aliphatic rings. The molecule has 1 aromatic carbocycles. The van der Waals surface area contributed by atoms with E-state index in [1.165, 1.54) is 5.56 Å². The average molecular weight is 345 g/mol. The topological polar surface area (TPSA) is 52.7 Å². The van der Waals surface area contributed by atoms with Crippen LogP contribution in [-0.2, 0) is 16.1 Å². The van der Waals surface area contributed by atoms with Crippen molar-refractivity contribution in [1.29, 1.82) is 0 Å². The standard InChI is InChI=1S/C20H31N3O2/c1-5-7-19(24)23-11-6-8-17(14-23)20(25)21-13-16-9-10-18(22(3)4)12-15(16)2/h9-10,12,17H,5-8,11,13-14H2,1-4H3,(H,21,25). The van der Waals surface area contributed by atoms with Gasteiger partial charge in [-0.3, -0.25) is 9.59 Å². The smallest absolute Gasteiger partial charge is 0.225 e. The van der Waals surface area contributed by atoms with Crippen molar-refractivity contribution in [3.05, 3.63) is 29.3 Å². The maximum atomic E-state index is 12.5. The van der Waals surface area contributed by atoms with Crippen molar-refractivity contribution in [3.63, 3.8) is 0 Å². The minimum Gasteiger partial charge on any atom is -0.378 e. The van der Waals surface area contributed by atoms with Crippen molar-refractivity contribution in [3.8, 4) is 0 Å². The van der Waals surface area contributed by atoms with Crippen molar-refractivity contribution in [2.75, 3.05) is 32.1 Å². The first-order chi connectivity index (χ1) is 11.9. The van der Waals surface area contributed by atoms with Gasteiger partial charge in [-0.15, -0.1) is 0 Å². The van der Waals surface area contributed by atoms with E-state index in [9.17, 15) is 9.59 Å². The number of nitrogens with zero attached hydrogens (tertiary/aromatic N) is 2. The molecule has 1 atom stereocenters. The maximum absolute atomic E-state index is 12.5. The second kappa shape index (κ2) is 8.88. The molecule has 0 aliphatic carbocycles. The van der Waals surface area contributed by atoms with E-state index in [0.717, 1.165) is 37.1 Å². The molecule has 0 spiro atoms. The van der Waals surface area contributed by atoms with Gasteiger partial charge in [0.05, 0.1) is 5.92 Å². The van der Waals surface area contributed by atoms with E-state index in [-0.39, 0.29) is 17.7 Å². The molecule has 1 aliphatic heterocycles. The summed E-state index contributed by atoms with van der Waals surface area (Å²) in [5.41, 5.74) is 3.47. The fourth-order valence-corrected chi connectivity index (χ4v) is 3.27. The average Bonchev–Trinajstić information content (AvgIpc) is 2.60. The van der Waals surface area contributed by atoms with Crippen LogP contribution in [0.4, 0.5) is 5.69 Å². The minimum absolute atomic E-state index is 0.0603. The molecule has 0 bridgehead atoms. The molecular formula is C20H31N3O2. The van der Waals surface area contributed by atoms with Crippen LogP contribution < -0.4 is 10.2 Å². The van der Waals surface area contributed by atoms with Crippen LogP contribution in [0.15, 0.2) is 18.2 Å². The Hall–Kier alpha value is -2.04. The highest BCUT2D eigenvalue weighted by molar-refractivity contribution is 5.81. The van der Waals surface area contributed by atoms with Gasteiger partial charge in [-0.25, -0.2) is 0 Å². The van der Waals surface area contributed by atoms with Crippen LogP contribution in [0.3, 0.4) is 0 Å². The fraction of sp³-hybridized carbons (Fsp3) is 0.600. The lowest BCUT2D eigenvalue weighted by Gasteiger charge is -2.32. The van der Waals surface area contributed by atoms with Gasteiger partial charge in [0.15, 0.2) is 0 Å². The molecule has 0 saturated carbocycles. The Morgan fingerprint density at radius 2 is 2.08 bits per heavy atom. The van der Waals surface area contributed by atoms with E-state index in [1.54, 1.807) is 0 Å². The van der Waals surface area contributed by atoms with Crippen LogP contribution in [0.2, 0.25) is 0 Å². The van der Waals surface area contributed by atoms with Crippen molar-refractivity contribution in [2.45, 2.75) is 46.1 Å². The maximum Gasteiger partial charge on any atom is 0.225 e.